The number of urea groups is 1. The highest BCUT2D eigenvalue weighted by Gasteiger charge is 2.24. The lowest BCUT2D eigenvalue weighted by molar-refractivity contribution is -0.132. The summed E-state index contributed by atoms with van der Waals surface area (Å²) in [6.45, 7) is 9.52. The van der Waals surface area contributed by atoms with Crippen molar-refractivity contribution in [1.82, 2.24) is 15.1 Å². The first-order chi connectivity index (χ1) is 15.2. The number of nitrogens with zero attached hydrogens (tertiary/aromatic N) is 2. The fraction of sp³-hybridized carbons (Fsp3) is 0.520. The lowest BCUT2D eigenvalue weighted by Crippen LogP contribution is -2.52. The first-order valence-electron chi connectivity index (χ1n) is 11.1. The molecule has 176 valence electrons. The predicted molar refractivity (Wildman–Crippen MR) is 125 cm³/mol. The summed E-state index contributed by atoms with van der Waals surface area (Å²) in [7, 11) is 1.63. The summed E-state index contributed by atoms with van der Waals surface area (Å²) >= 11 is 0. The van der Waals surface area contributed by atoms with Gasteiger partial charge in [-0.1, -0.05) is 30.3 Å². The number of amides is 3. The van der Waals surface area contributed by atoms with Crippen molar-refractivity contribution in [2.45, 2.75) is 52.6 Å². The minimum atomic E-state index is -0.391. The zero-order valence-corrected chi connectivity index (χ0v) is 20.0. The number of carbonyl (C=O) groups excluding carboxylic acids is 2. The molecule has 0 bridgehead atoms. The molecule has 0 saturated heterocycles. The Balaban J connectivity index is 2.12. The van der Waals surface area contributed by atoms with Crippen molar-refractivity contribution >= 4 is 11.9 Å². The van der Waals surface area contributed by atoms with E-state index in [1.54, 1.807) is 16.9 Å². The van der Waals surface area contributed by atoms with Gasteiger partial charge in [-0.3, -0.25) is 4.79 Å². The van der Waals surface area contributed by atoms with Crippen LogP contribution in [-0.2, 0) is 22.5 Å². The lowest BCUT2D eigenvalue weighted by atomic mass is 10.1. The molecular weight excluding hydrogens is 406 g/mol. The summed E-state index contributed by atoms with van der Waals surface area (Å²) in [4.78, 5) is 29.5. The van der Waals surface area contributed by atoms with Crippen LogP contribution in [0.5, 0.6) is 0 Å². The number of hydrogen-bond donors (Lipinski definition) is 1. The number of nitrogens with one attached hydrogen (secondary N) is 1. The Labute approximate surface area is 191 Å². The van der Waals surface area contributed by atoms with Gasteiger partial charge in [0.15, 0.2) is 0 Å². The number of benzene rings is 1. The van der Waals surface area contributed by atoms with Gasteiger partial charge in [-0.2, -0.15) is 0 Å². The third-order valence-electron chi connectivity index (χ3n) is 4.88. The van der Waals surface area contributed by atoms with Crippen molar-refractivity contribution in [3.8, 4) is 0 Å². The largest absolute Gasteiger partial charge is 0.464 e. The van der Waals surface area contributed by atoms with Crippen molar-refractivity contribution in [3.63, 3.8) is 0 Å². The van der Waals surface area contributed by atoms with Gasteiger partial charge in [-0.15, -0.1) is 0 Å². The second kappa shape index (κ2) is 12.3. The van der Waals surface area contributed by atoms with E-state index in [-0.39, 0.29) is 18.5 Å². The average molecular weight is 444 g/mol. The standard InChI is InChI=1S/C25H37N3O4/c1-20-12-13-22(32-20)18-27(16-14-21-10-7-6-8-11-21)23(29)19-28(15-9-17-31-5)24(30)26-25(2,3)4/h6-8,10-13H,9,14-19H2,1-5H3,(H,26,30). The fourth-order valence-corrected chi connectivity index (χ4v) is 3.27. The Hall–Kier alpha value is -2.80. The van der Waals surface area contributed by atoms with Crippen LogP contribution in [0, 0.1) is 6.92 Å². The third-order valence-corrected chi connectivity index (χ3v) is 4.88. The van der Waals surface area contributed by atoms with Gasteiger partial charge in [-0.25, -0.2) is 4.79 Å². The van der Waals surface area contributed by atoms with Crippen molar-refractivity contribution in [3.05, 3.63) is 59.5 Å². The number of aryl methyl sites for hydroxylation is 1. The molecule has 0 atom stereocenters. The molecule has 1 heterocycles. The number of furan rings is 1. The number of rotatable bonds is 11. The van der Waals surface area contributed by atoms with E-state index in [9.17, 15) is 9.59 Å². The van der Waals surface area contributed by atoms with E-state index in [1.165, 1.54) is 0 Å². The van der Waals surface area contributed by atoms with Gasteiger partial charge >= 0.3 is 6.03 Å². The van der Waals surface area contributed by atoms with E-state index in [2.05, 4.69) is 5.32 Å². The first-order valence-corrected chi connectivity index (χ1v) is 11.1. The van der Waals surface area contributed by atoms with Gasteiger partial charge in [0.25, 0.3) is 0 Å². The molecule has 0 spiro atoms. The molecule has 32 heavy (non-hydrogen) atoms. The zero-order chi connectivity index (χ0) is 23.6. The van der Waals surface area contributed by atoms with Crippen molar-refractivity contribution < 1.29 is 18.7 Å². The second-order valence-electron chi connectivity index (χ2n) is 9.01. The van der Waals surface area contributed by atoms with Crippen molar-refractivity contribution in [1.29, 1.82) is 0 Å². The van der Waals surface area contributed by atoms with Gasteiger partial charge in [0.1, 0.15) is 18.1 Å². The maximum atomic E-state index is 13.3. The van der Waals surface area contributed by atoms with Gasteiger partial charge in [0, 0.05) is 32.3 Å². The Kier molecular flexibility index (Phi) is 9.78. The van der Waals surface area contributed by atoms with E-state index < -0.39 is 5.54 Å². The van der Waals surface area contributed by atoms with Gasteiger partial charge in [0.2, 0.25) is 5.91 Å². The summed E-state index contributed by atoms with van der Waals surface area (Å²) in [6, 6.07) is 13.6. The molecule has 7 nitrogen and oxygen atoms in total. The minimum Gasteiger partial charge on any atom is -0.464 e. The lowest BCUT2D eigenvalue weighted by Gasteiger charge is -2.30. The van der Waals surface area contributed by atoms with Gasteiger partial charge < -0.3 is 24.3 Å². The Morgan fingerprint density at radius 2 is 1.75 bits per heavy atom. The molecule has 1 aromatic heterocycles. The van der Waals surface area contributed by atoms with Crippen LogP contribution in [0.2, 0.25) is 0 Å². The fourth-order valence-electron chi connectivity index (χ4n) is 3.27. The van der Waals surface area contributed by atoms with Crippen LogP contribution in [0.4, 0.5) is 4.79 Å². The molecule has 7 heteroatoms. The van der Waals surface area contributed by atoms with Crippen LogP contribution in [0.1, 0.15) is 44.3 Å². The maximum Gasteiger partial charge on any atom is 0.318 e. The third kappa shape index (κ3) is 9.14. The quantitative estimate of drug-likeness (QED) is 0.533. The molecule has 0 aliphatic carbocycles. The second-order valence-corrected chi connectivity index (χ2v) is 9.01. The Morgan fingerprint density at radius 3 is 2.34 bits per heavy atom. The van der Waals surface area contributed by atoms with Crippen molar-refractivity contribution in [2.24, 2.45) is 0 Å². The van der Waals surface area contributed by atoms with E-state index in [0.29, 0.717) is 32.7 Å². The highest BCUT2D eigenvalue weighted by Crippen LogP contribution is 2.12. The summed E-state index contributed by atoms with van der Waals surface area (Å²) in [6.07, 6.45) is 1.38. The summed E-state index contributed by atoms with van der Waals surface area (Å²) in [5, 5.41) is 2.96. The first kappa shape index (κ1) is 25.5. The molecule has 1 aromatic carbocycles. The average Bonchev–Trinajstić information content (AvgIpc) is 3.14. The SMILES string of the molecule is COCCCN(CC(=O)N(CCc1ccccc1)Cc1ccc(C)o1)C(=O)NC(C)(C)C. The van der Waals surface area contributed by atoms with Crippen LogP contribution in [0.15, 0.2) is 46.9 Å². The topological polar surface area (TPSA) is 75.0 Å². The monoisotopic (exact) mass is 443 g/mol. The molecular formula is C25H37N3O4. The molecule has 3 amide bonds. The van der Waals surface area contributed by atoms with Crippen LogP contribution < -0.4 is 5.32 Å². The summed E-state index contributed by atoms with van der Waals surface area (Å²) in [5.41, 5.74) is 0.765. The molecule has 2 rings (SSSR count). The maximum absolute atomic E-state index is 13.3. The molecule has 0 saturated carbocycles. The number of hydrogen-bond acceptors (Lipinski definition) is 4. The Morgan fingerprint density at radius 1 is 1.03 bits per heavy atom. The molecule has 0 aliphatic heterocycles. The molecule has 0 unspecified atom stereocenters. The molecule has 0 radical (unpaired) electrons. The van der Waals surface area contributed by atoms with E-state index in [4.69, 9.17) is 9.15 Å². The van der Waals surface area contributed by atoms with Gasteiger partial charge in [-0.05, 0) is 58.2 Å². The highest BCUT2D eigenvalue weighted by atomic mass is 16.5. The van der Waals surface area contributed by atoms with Crippen molar-refractivity contribution in [2.75, 3.05) is 33.4 Å². The van der Waals surface area contributed by atoms with Crippen LogP contribution >= 0.6 is 0 Å². The van der Waals surface area contributed by atoms with E-state index in [0.717, 1.165) is 23.5 Å². The summed E-state index contributed by atoms with van der Waals surface area (Å²) < 4.78 is 10.8. The minimum absolute atomic E-state index is 0.000107. The number of carbonyl (C=O) groups is 2. The Bertz CT molecular complexity index is 842. The normalized spacial score (nSPS) is 11.3. The highest BCUT2D eigenvalue weighted by molar-refractivity contribution is 5.84. The molecule has 2 aromatic rings. The number of ether oxygens (including phenoxy) is 1. The summed E-state index contributed by atoms with van der Waals surface area (Å²) in [5.74, 6) is 1.42. The van der Waals surface area contributed by atoms with Gasteiger partial charge in [0.05, 0.1) is 6.54 Å². The van der Waals surface area contributed by atoms with E-state index >= 15 is 0 Å². The molecule has 0 aliphatic rings. The zero-order valence-electron chi connectivity index (χ0n) is 20.0. The van der Waals surface area contributed by atoms with E-state index in [1.807, 2.05) is 70.2 Å². The predicted octanol–water partition coefficient (Wildman–Crippen LogP) is 4.01. The van der Waals surface area contributed by atoms with Crippen LogP contribution in [0.3, 0.4) is 0 Å². The molecule has 0 fully saturated rings. The molecule has 1 N–H and O–H groups in total. The smallest absolute Gasteiger partial charge is 0.318 e. The number of methoxy groups -OCH3 is 1. The van der Waals surface area contributed by atoms with Crippen LogP contribution in [-0.4, -0.2) is 60.6 Å². The van der Waals surface area contributed by atoms with Crippen LogP contribution in [0.25, 0.3) is 0 Å².